The van der Waals surface area contributed by atoms with Crippen molar-refractivity contribution in [1.29, 1.82) is 0 Å². The number of hydrogen-bond donors (Lipinski definition) is 1. The van der Waals surface area contributed by atoms with Gasteiger partial charge < -0.3 is 9.84 Å². The molecule has 1 aliphatic carbocycles. The molecule has 0 bridgehead atoms. The molecule has 0 radical (unpaired) electrons. The second kappa shape index (κ2) is 10.7. The van der Waals surface area contributed by atoms with Crippen LogP contribution in [0.25, 0.3) is 0 Å². The minimum atomic E-state index is 0.118. The quantitative estimate of drug-likeness (QED) is 0.306. The van der Waals surface area contributed by atoms with E-state index in [1.165, 1.54) is 48.8 Å². The van der Waals surface area contributed by atoms with E-state index in [1.807, 2.05) is 7.11 Å². The molecule has 1 aliphatic rings. The van der Waals surface area contributed by atoms with Crippen molar-refractivity contribution in [3.63, 3.8) is 0 Å². The molecule has 0 aromatic heterocycles. The Bertz CT molecular complexity index is 648. The fraction of sp³-hybridized carbons (Fsp3) is 0.704. The van der Waals surface area contributed by atoms with Gasteiger partial charge in [-0.25, -0.2) is 0 Å². The highest BCUT2D eigenvalue weighted by atomic mass is 16.5. The van der Waals surface area contributed by atoms with Crippen molar-refractivity contribution in [2.24, 2.45) is 17.8 Å². The summed E-state index contributed by atoms with van der Waals surface area (Å²) in [7, 11) is 1.82. The Morgan fingerprint density at radius 2 is 1.93 bits per heavy atom. The number of rotatable bonds is 12. The van der Waals surface area contributed by atoms with Crippen LogP contribution in [0.1, 0.15) is 89.8 Å². The van der Waals surface area contributed by atoms with Crippen molar-refractivity contribution >= 4 is 0 Å². The maximum atomic E-state index is 9.41. The maximum absolute atomic E-state index is 9.41. The van der Waals surface area contributed by atoms with Crippen LogP contribution in [0, 0.1) is 17.8 Å². The molecule has 3 atom stereocenters. The van der Waals surface area contributed by atoms with Gasteiger partial charge in [-0.1, -0.05) is 72.9 Å². The Hall–Kier alpha value is -1.28. The first-order chi connectivity index (χ1) is 13.8. The number of aliphatic hydroxyl groups excluding tert-OH is 1. The molecule has 0 aliphatic heterocycles. The molecule has 1 N–H and O–H groups in total. The minimum absolute atomic E-state index is 0.118. The molecule has 164 valence electrons. The number of aryl methyl sites for hydroxylation is 1. The number of methoxy groups -OCH3 is 1. The van der Waals surface area contributed by atoms with E-state index >= 15 is 0 Å². The van der Waals surface area contributed by atoms with Crippen molar-refractivity contribution < 1.29 is 9.84 Å². The zero-order valence-corrected chi connectivity index (χ0v) is 19.8. The largest absolute Gasteiger partial charge is 0.496 e. The summed E-state index contributed by atoms with van der Waals surface area (Å²) < 4.78 is 5.91. The highest BCUT2D eigenvalue weighted by molar-refractivity contribution is 5.46. The Kier molecular flexibility index (Phi) is 8.82. The van der Waals surface area contributed by atoms with Crippen molar-refractivity contribution in [1.82, 2.24) is 0 Å². The van der Waals surface area contributed by atoms with Gasteiger partial charge in [-0.15, -0.1) is 0 Å². The summed E-state index contributed by atoms with van der Waals surface area (Å²) in [6.07, 6.45) is 9.72. The molecule has 0 heterocycles. The standard InChI is InChI=1S/C27H44O2/c1-8-10-11-12-13-27(5,6)23-14-21(9-2)25(26(17-23)29-7)16-22-15-24(20(22)4)19(3)18-28/h14,17,20,22,24,28H,3,8-13,15-16,18H2,1-2,4-7H3. The van der Waals surface area contributed by atoms with Crippen LogP contribution in [0.5, 0.6) is 5.75 Å². The molecule has 1 fully saturated rings. The van der Waals surface area contributed by atoms with Crippen molar-refractivity contribution in [2.75, 3.05) is 13.7 Å². The van der Waals surface area contributed by atoms with Crippen LogP contribution in [0.4, 0.5) is 0 Å². The van der Waals surface area contributed by atoms with Crippen LogP contribution in [-0.4, -0.2) is 18.8 Å². The molecule has 0 amide bonds. The van der Waals surface area contributed by atoms with Crippen molar-refractivity contribution in [2.45, 2.75) is 91.4 Å². The first-order valence-electron chi connectivity index (χ1n) is 11.8. The van der Waals surface area contributed by atoms with Gasteiger partial charge in [0.05, 0.1) is 13.7 Å². The van der Waals surface area contributed by atoms with Crippen LogP contribution >= 0.6 is 0 Å². The molecule has 2 rings (SSSR count). The lowest BCUT2D eigenvalue weighted by Gasteiger charge is -2.44. The summed E-state index contributed by atoms with van der Waals surface area (Å²) in [5.41, 5.74) is 5.43. The van der Waals surface area contributed by atoms with Crippen molar-refractivity contribution in [3.8, 4) is 5.75 Å². The van der Waals surface area contributed by atoms with E-state index in [1.54, 1.807) is 0 Å². The van der Waals surface area contributed by atoms with Crippen LogP contribution in [-0.2, 0) is 18.3 Å². The summed E-state index contributed by atoms with van der Waals surface area (Å²) in [4.78, 5) is 0. The van der Waals surface area contributed by atoms with Gasteiger partial charge >= 0.3 is 0 Å². The molecule has 2 heteroatoms. The predicted molar refractivity (Wildman–Crippen MR) is 125 cm³/mol. The van der Waals surface area contributed by atoms with E-state index < -0.39 is 0 Å². The normalized spacial score (nSPS) is 21.7. The van der Waals surface area contributed by atoms with Gasteiger partial charge in [0, 0.05) is 0 Å². The average molecular weight is 401 g/mol. The Labute approximate surface area is 179 Å². The van der Waals surface area contributed by atoms with Gasteiger partial charge in [0.2, 0.25) is 0 Å². The van der Waals surface area contributed by atoms with Crippen LogP contribution in [0.3, 0.4) is 0 Å². The number of unbranched alkanes of at least 4 members (excludes halogenated alkanes) is 3. The second-order valence-corrected chi connectivity index (χ2v) is 9.85. The lowest BCUT2D eigenvalue weighted by atomic mass is 9.61. The highest BCUT2D eigenvalue weighted by Crippen LogP contribution is 2.47. The average Bonchev–Trinajstić information content (AvgIpc) is 2.72. The van der Waals surface area contributed by atoms with E-state index in [2.05, 4.69) is 53.3 Å². The van der Waals surface area contributed by atoms with E-state index in [9.17, 15) is 5.11 Å². The summed E-state index contributed by atoms with van der Waals surface area (Å²) >= 11 is 0. The molecule has 1 aromatic carbocycles. The Morgan fingerprint density at radius 3 is 2.48 bits per heavy atom. The molecular weight excluding hydrogens is 356 g/mol. The summed E-state index contributed by atoms with van der Waals surface area (Å²) in [6.45, 7) is 15.8. The Morgan fingerprint density at radius 1 is 1.21 bits per heavy atom. The van der Waals surface area contributed by atoms with Gasteiger partial charge in [0.1, 0.15) is 5.75 Å². The zero-order chi connectivity index (χ0) is 21.6. The molecule has 0 saturated heterocycles. The van der Waals surface area contributed by atoms with Gasteiger partial charge in [-0.3, -0.25) is 0 Å². The smallest absolute Gasteiger partial charge is 0.122 e. The monoisotopic (exact) mass is 400 g/mol. The van der Waals surface area contributed by atoms with Crippen molar-refractivity contribution in [3.05, 3.63) is 41.0 Å². The second-order valence-electron chi connectivity index (χ2n) is 9.85. The number of aliphatic hydroxyl groups is 1. The lowest BCUT2D eigenvalue weighted by molar-refractivity contribution is 0.105. The van der Waals surface area contributed by atoms with Crippen LogP contribution in [0.2, 0.25) is 0 Å². The molecule has 0 spiro atoms. The zero-order valence-electron chi connectivity index (χ0n) is 19.8. The fourth-order valence-corrected chi connectivity index (χ4v) is 5.04. The van der Waals surface area contributed by atoms with E-state index in [0.29, 0.717) is 17.8 Å². The minimum Gasteiger partial charge on any atom is -0.496 e. The molecule has 3 unspecified atom stereocenters. The van der Waals surface area contributed by atoms with Gasteiger partial charge in [0.15, 0.2) is 0 Å². The SMILES string of the molecule is C=C(CO)C1CC(Cc2c(CC)cc(C(C)(C)CCCCCC)cc2OC)C1C. The first kappa shape index (κ1) is 24.0. The lowest BCUT2D eigenvalue weighted by Crippen LogP contribution is -2.38. The van der Waals surface area contributed by atoms with E-state index in [-0.39, 0.29) is 12.0 Å². The molecule has 1 saturated carbocycles. The van der Waals surface area contributed by atoms with Gasteiger partial charge in [-0.05, 0) is 77.2 Å². The third-order valence-electron chi connectivity index (χ3n) is 7.47. The number of hydrogen-bond acceptors (Lipinski definition) is 2. The topological polar surface area (TPSA) is 29.5 Å². The molecule has 1 aromatic rings. The van der Waals surface area contributed by atoms with Gasteiger partial charge in [-0.2, -0.15) is 0 Å². The summed E-state index contributed by atoms with van der Waals surface area (Å²) in [6, 6.07) is 4.76. The first-order valence-corrected chi connectivity index (χ1v) is 11.8. The van der Waals surface area contributed by atoms with E-state index in [0.717, 1.165) is 30.6 Å². The van der Waals surface area contributed by atoms with Gasteiger partial charge in [0.25, 0.3) is 0 Å². The third kappa shape index (κ3) is 5.66. The van der Waals surface area contributed by atoms with E-state index in [4.69, 9.17) is 4.74 Å². The maximum Gasteiger partial charge on any atom is 0.122 e. The highest BCUT2D eigenvalue weighted by Gasteiger charge is 2.39. The van der Waals surface area contributed by atoms with Crippen LogP contribution in [0.15, 0.2) is 24.3 Å². The third-order valence-corrected chi connectivity index (χ3v) is 7.47. The number of ether oxygens (including phenoxy) is 1. The Balaban J connectivity index is 2.19. The number of benzene rings is 1. The van der Waals surface area contributed by atoms with Crippen LogP contribution < -0.4 is 4.74 Å². The summed E-state index contributed by atoms with van der Waals surface area (Å²) in [5, 5.41) is 9.41. The molecular formula is C27H44O2. The predicted octanol–water partition coefficient (Wildman–Crippen LogP) is 6.87. The molecule has 29 heavy (non-hydrogen) atoms. The fourth-order valence-electron chi connectivity index (χ4n) is 5.04. The summed E-state index contributed by atoms with van der Waals surface area (Å²) in [5.74, 6) is 2.77. The molecule has 2 nitrogen and oxygen atoms in total.